The molecule has 98 valence electrons. The molecule has 2 aromatic rings. The van der Waals surface area contributed by atoms with E-state index in [2.05, 4.69) is 4.98 Å². The molecule has 0 aliphatic rings. The van der Waals surface area contributed by atoms with Crippen LogP contribution in [-0.2, 0) is 4.74 Å². The maximum Gasteiger partial charge on any atom is 0.342 e. The van der Waals surface area contributed by atoms with Crippen LogP contribution in [0.1, 0.15) is 28.6 Å². The van der Waals surface area contributed by atoms with Crippen LogP contribution in [0.2, 0.25) is 0 Å². The number of aromatic nitrogens is 1. The summed E-state index contributed by atoms with van der Waals surface area (Å²) >= 11 is 0. The van der Waals surface area contributed by atoms with Crippen molar-refractivity contribution in [2.45, 2.75) is 13.8 Å². The van der Waals surface area contributed by atoms with Gasteiger partial charge in [0.05, 0.1) is 12.0 Å². The van der Waals surface area contributed by atoms with Crippen molar-refractivity contribution < 1.29 is 22.7 Å². The lowest BCUT2D eigenvalue weighted by Gasteiger charge is -2.01. The van der Waals surface area contributed by atoms with Crippen LogP contribution < -0.4 is 0 Å². The molecule has 0 amide bonds. The van der Waals surface area contributed by atoms with Crippen LogP contribution >= 0.6 is 0 Å². The lowest BCUT2D eigenvalue weighted by Crippen LogP contribution is -2.06. The molecule has 0 unspecified atom stereocenters. The molecule has 5 nitrogen and oxygen atoms in total. The van der Waals surface area contributed by atoms with Gasteiger partial charge in [0, 0.05) is 0 Å². The predicted octanol–water partition coefficient (Wildman–Crippen LogP) is 2.46. The second kappa shape index (κ2) is 4.65. The lowest BCUT2D eigenvalue weighted by atomic mass is 10.1. The highest BCUT2D eigenvalue weighted by molar-refractivity contribution is 6.05. The van der Waals surface area contributed by atoms with Gasteiger partial charge in [-0.2, -0.15) is 14.6 Å². The molecule has 0 atom stereocenters. The van der Waals surface area contributed by atoms with Gasteiger partial charge < -0.3 is 9.15 Å². The zero-order valence-electron chi connectivity index (χ0n) is 10.1. The molecule has 0 spiro atoms. The van der Waals surface area contributed by atoms with Crippen LogP contribution in [0, 0.1) is 30.0 Å². The SMILES string of the molecule is CCOC(=O)c1c(C)oc2nc(F)c(F)c(C#N)c12. The smallest absolute Gasteiger partial charge is 0.342 e. The number of hydrogen-bond acceptors (Lipinski definition) is 5. The molecule has 0 saturated carbocycles. The first-order valence-corrected chi connectivity index (χ1v) is 5.36. The first-order chi connectivity index (χ1) is 9.01. The third-order valence-electron chi connectivity index (χ3n) is 2.51. The van der Waals surface area contributed by atoms with E-state index in [4.69, 9.17) is 14.4 Å². The molecule has 2 aromatic heterocycles. The van der Waals surface area contributed by atoms with Crippen LogP contribution in [0.5, 0.6) is 0 Å². The molecule has 0 bridgehead atoms. The maximum absolute atomic E-state index is 13.5. The number of nitrogens with zero attached hydrogens (tertiary/aromatic N) is 2. The molecular weight excluding hydrogens is 258 g/mol. The summed E-state index contributed by atoms with van der Waals surface area (Å²) in [5.41, 5.74) is -1.04. The Morgan fingerprint density at radius 1 is 1.53 bits per heavy atom. The van der Waals surface area contributed by atoms with Crippen LogP contribution in [0.15, 0.2) is 4.42 Å². The molecule has 7 heteroatoms. The fourth-order valence-electron chi connectivity index (χ4n) is 1.75. The van der Waals surface area contributed by atoms with Gasteiger partial charge in [-0.1, -0.05) is 0 Å². The summed E-state index contributed by atoms with van der Waals surface area (Å²) in [6.07, 6.45) is 0. The number of nitriles is 1. The Morgan fingerprint density at radius 2 is 2.21 bits per heavy atom. The maximum atomic E-state index is 13.5. The molecule has 2 heterocycles. The Kier molecular flexibility index (Phi) is 3.17. The van der Waals surface area contributed by atoms with E-state index in [1.807, 2.05) is 0 Å². The fraction of sp³-hybridized carbons (Fsp3) is 0.250. The highest BCUT2D eigenvalue weighted by Crippen LogP contribution is 2.30. The molecule has 0 aliphatic heterocycles. The molecule has 0 N–H and O–H groups in total. The molecule has 0 aromatic carbocycles. The zero-order valence-corrected chi connectivity index (χ0v) is 10.1. The first-order valence-electron chi connectivity index (χ1n) is 5.36. The average Bonchev–Trinajstić information content (AvgIpc) is 2.67. The summed E-state index contributed by atoms with van der Waals surface area (Å²) < 4.78 is 36.6. The monoisotopic (exact) mass is 266 g/mol. The standard InChI is InChI=1S/C12H8F2N2O3/c1-3-18-12(17)7-5(2)19-11-8(7)6(4-15)9(13)10(14)16-11/h3H2,1-2H3. The summed E-state index contributed by atoms with van der Waals surface area (Å²) in [5.74, 6) is -3.56. The number of ether oxygens (including phenoxy) is 1. The largest absolute Gasteiger partial charge is 0.462 e. The summed E-state index contributed by atoms with van der Waals surface area (Å²) in [4.78, 5) is 15.0. The Morgan fingerprint density at radius 3 is 2.79 bits per heavy atom. The van der Waals surface area contributed by atoms with Crippen molar-refractivity contribution in [3.63, 3.8) is 0 Å². The van der Waals surface area contributed by atoms with Crippen LogP contribution in [0.25, 0.3) is 11.1 Å². The highest BCUT2D eigenvalue weighted by Gasteiger charge is 2.27. The van der Waals surface area contributed by atoms with E-state index >= 15 is 0 Å². The molecule has 0 aliphatic carbocycles. The third kappa shape index (κ3) is 1.91. The number of aryl methyl sites for hydroxylation is 1. The average molecular weight is 266 g/mol. The number of halogens is 2. The van der Waals surface area contributed by atoms with Crippen LogP contribution in [-0.4, -0.2) is 17.6 Å². The Balaban J connectivity index is 2.86. The minimum Gasteiger partial charge on any atom is -0.462 e. The van der Waals surface area contributed by atoms with Gasteiger partial charge in [0.15, 0.2) is 5.82 Å². The zero-order chi connectivity index (χ0) is 14.2. The van der Waals surface area contributed by atoms with Gasteiger partial charge in [0.25, 0.3) is 5.95 Å². The van der Waals surface area contributed by atoms with Crippen molar-refractivity contribution in [2.75, 3.05) is 6.61 Å². The van der Waals surface area contributed by atoms with Gasteiger partial charge in [-0.15, -0.1) is 0 Å². The quantitative estimate of drug-likeness (QED) is 0.616. The van der Waals surface area contributed by atoms with Crippen LogP contribution in [0.4, 0.5) is 8.78 Å². The number of hydrogen-bond donors (Lipinski definition) is 0. The number of rotatable bonds is 2. The Bertz CT molecular complexity index is 716. The van der Waals surface area contributed by atoms with Crippen molar-refractivity contribution in [1.82, 2.24) is 4.98 Å². The van der Waals surface area contributed by atoms with Gasteiger partial charge in [0.2, 0.25) is 5.71 Å². The molecule has 0 radical (unpaired) electrons. The van der Waals surface area contributed by atoms with Gasteiger partial charge in [-0.05, 0) is 13.8 Å². The topological polar surface area (TPSA) is 76.1 Å². The second-order valence-electron chi connectivity index (χ2n) is 3.64. The summed E-state index contributed by atoms with van der Waals surface area (Å²) in [7, 11) is 0. The van der Waals surface area contributed by atoms with Gasteiger partial charge in [0.1, 0.15) is 23.0 Å². The molecule has 0 saturated heterocycles. The van der Waals surface area contributed by atoms with E-state index < -0.39 is 23.3 Å². The van der Waals surface area contributed by atoms with Crippen LogP contribution in [0.3, 0.4) is 0 Å². The first kappa shape index (κ1) is 13.0. The third-order valence-corrected chi connectivity index (χ3v) is 2.51. The summed E-state index contributed by atoms with van der Waals surface area (Å²) in [6, 6.07) is 1.51. The molecule has 19 heavy (non-hydrogen) atoms. The van der Waals surface area contributed by atoms with E-state index in [0.29, 0.717) is 0 Å². The van der Waals surface area contributed by atoms with Crippen molar-refractivity contribution in [2.24, 2.45) is 0 Å². The van der Waals surface area contributed by atoms with E-state index in [-0.39, 0.29) is 29.0 Å². The Labute approximate surface area is 106 Å². The van der Waals surface area contributed by atoms with E-state index in [9.17, 15) is 13.6 Å². The summed E-state index contributed by atoms with van der Waals surface area (Å²) in [5, 5.41) is 8.74. The second-order valence-corrected chi connectivity index (χ2v) is 3.64. The van der Waals surface area contributed by atoms with Crippen molar-refractivity contribution in [3.05, 3.63) is 28.7 Å². The van der Waals surface area contributed by atoms with Crippen molar-refractivity contribution in [3.8, 4) is 6.07 Å². The highest BCUT2D eigenvalue weighted by atomic mass is 19.2. The normalized spacial score (nSPS) is 10.5. The minimum absolute atomic E-state index is 0.0856. The van der Waals surface area contributed by atoms with Crippen molar-refractivity contribution in [1.29, 1.82) is 5.26 Å². The van der Waals surface area contributed by atoms with Gasteiger partial charge in [-0.25, -0.2) is 9.18 Å². The lowest BCUT2D eigenvalue weighted by molar-refractivity contribution is 0.0526. The van der Waals surface area contributed by atoms with E-state index in [1.54, 1.807) is 6.92 Å². The fourth-order valence-corrected chi connectivity index (χ4v) is 1.75. The minimum atomic E-state index is -1.45. The number of carbonyl (C=O) groups excluding carboxylic acids is 1. The number of carbonyl (C=O) groups is 1. The molecule has 0 fully saturated rings. The summed E-state index contributed by atoms with van der Waals surface area (Å²) in [6.45, 7) is 3.12. The van der Waals surface area contributed by atoms with Crippen molar-refractivity contribution >= 4 is 17.1 Å². The molecule has 2 rings (SSSR count). The van der Waals surface area contributed by atoms with Gasteiger partial charge in [-0.3, -0.25) is 0 Å². The Hall–Kier alpha value is -2.49. The number of esters is 1. The predicted molar refractivity (Wildman–Crippen MR) is 59.3 cm³/mol. The number of fused-ring (bicyclic) bond motifs is 1. The number of pyridine rings is 1. The molecular formula is C12H8F2N2O3. The van der Waals surface area contributed by atoms with Gasteiger partial charge >= 0.3 is 5.97 Å². The number of furan rings is 1. The van der Waals surface area contributed by atoms with E-state index in [1.165, 1.54) is 13.0 Å². The van der Waals surface area contributed by atoms with E-state index in [0.717, 1.165) is 0 Å².